The molecule has 4 nitrogen and oxygen atoms in total. The summed E-state index contributed by atoms with van der Waals surface area (Å²) in [5, 5.41) is 8.61. The predicted octanol–water partition coefficient (Wildman–Crippen LogP) is 5.21. The lowest BCUT2D eigenvalue weighted by Gasteiger charge is -2.15. The van der Waals surface area contributed by atoms with Gasteiger partial charge in [0, 0.05) is 18.3 Å². The van der Waals surface area contributed by atoms with Crippen LogP contribution in [-0.4, -0.2) is 19.3 Å². The minimum atomic E-state index is -4.42. The number of nitrogens with zero attached hydrogens (tertiary/aromatic N) is 4. The van der Waals surface area contributed by atoms with Crippen LogP contribution in [0.5, 0.6) is 0 Å². The van der Waals surface area contributed by atoms with Gasteiger partial charge in [0.15, 0.2) is 11.6 Å². The largest absolute Gasteiger partial charge is 0.416 e. The van der Waals surface area contributed by atoms with Crippen molar-refractivity contribution in [2.45, 2.75) is 12.7 Å². The van der Waals surface area contributed by atoms with Gasteiger partial charge in [0.05, 0.1) is 16.9 Å². The zero-order valence-corrected chi connectivity index (χ0v) is 15.2. The second-order valence-electron chi connectivity index (χ2n) is 6.41. The second kappa shape index (κ2) is 6.53. The maximum absolute atomic E-state index is 13.3. The Kier molecular flexibility index (Phi) is 4.27. The highest BCUT2D eigenvalue weighted by molar-refractivity contribution is 5.85. The molecule has 142 valence electrons. The first-order valence-corrected chi connectivity index (χ1v) is 8.39. The molecule has 0 saturated heterocycles. The molecule has 28 heavy (non-hydrogen) atoms. The first-order valence-electron chi connectivity index (χ1n) is 8.39. The maximum Gasteiger partial charge on any atom is 0.416 e. The lowest BCUT2D eigenvalue weighted by molar-refractivity contribution is -0.137. The van der Waals surface area contributed by atoms with Crippen LogP contribution in [0.15, 0.2) is 66.9 Å². The fourth-order valence-electron chi connectivity index (χ4n) is 3.47. The van der Waals surface area contributed by atoms with Crippen LogP contribution < -0.4 is 0 Å². The molecule has 0 fully saturated rings. The summed E-state index contributed by atoms with van der Waals surface area (Å²) < 4.78 is 43.7. The van der Waals surface area contributed by atoms with Crippen molar-refractivity contribution in [2.24, 2.45) is 0 Å². The molecule has 0 radical (unpaired) electrons. The molecule has 8 heteroatoms. The van der Waals surface area contributed by atoms with Crippen molar-refractivity contribution in [3.05, 3.63) is 78.0 Å². The lowest BCUT2D eigenvalue weighted by Crippen LogP contribution is -2.09. The summed E-state index contributed by atoms with van der Waals surface area (Å²) in [6.45, 7) is 0.466. The summed E-state index contributed by atoms with van der Waals surface area (Å²) in [5.41, 5.74) is 2.14. The van der Waals surface area contributed by atoms with Gasteiger partial charge in [-0.05, 0) is 29.8 Å². The van der Waals surface area contributed by atoms with Crippen molar-refractivity contribution in [1.82, 2.24) is 19.3 Å². The molecule has 4 aromatic rings. The molecular weight excluding hydrogens is 389 g/mol. The van der Waals surface area contributed by atoms with E-state index < -0.39 is 11.7 Å². The van der Waals surface area contributed by atoms with E-state index in [1.807, 2.05) is 53.2 Å². The molecule has 0 amide bonds. The molecule has 0 N–H and O–H groups in total. The van der Waals surface area contributed by atoms with Crippen molar-refractivity contribution in [1.29, 1.82) is 0 Å². The number of halogens is 4. The molecule has 2 aromatic carbocycles. The van der Waals surface area contributed by atoms with E-state index in [4.69, 9.17) is 0 Å². The molecule has 0 atom stereocenters. The van der Waals surface area contributed by atoms with Crippen LogP contribution in [0.2, 0.25) is 0 Å². The van der Waals surface area contributed by atoms with Crippen LogP contribution in [0.1, 0.15) is 11.1 Å². The fourth-order valence-corrected chi connectivity index (χ4v) is 3.47. The van der Waals surface area contributed by atoms with E-state index in [2.05, 4.69) is 10.2 Å². The van der Waals surface area contributed by atoms with E-state index in [-0.39, 0.29) is 12.4 Å². The molecule has 0 spiro atoms. The Morgan fingerprint density at radius 1 is 0.857 bits per heavy atom. The summed E-state index contributed by atoms with van der Waals surface area (Å²) in [5.74, 6) is 1.04. The van der Waals surface area contributed by atoms with Gasteiger partial charge in [-0.25, -0.2) is 0 Å². The summed E-state index contributed by atoms with van der Waals surface area (Å²) in [4.78, 5) is 0. The van der Waals surface area contributed by atoms with Crippen LogP contribution in [0.25, 0.3) is 28.6 Å². The quantitative estimate of drug-likeness (QED) is 0.386. The van der Waals surface area contributed by atoms with Gasteiger partial charge in [0.2, 0.25) is 0 Å². The topological polar surface area (TPSA) is 35.6 Å². The van der Waals surface area contributed by atoms with Crippen molar-refractivity contribution in [3.63, 3.8) is 0 Å². The van der Waals surface area contributed by atoms with Crippen molar-refractivity contribution < 1.29 is 13.2 Å². The summed E-state index contributed by atoms with van der Waals surface area (Å²) in [6.07, 6.45) is -2.53. The lowest BCUT2D eigenvalue weighted by atomic mass is 10.1. The van der Waals surface area contributed by atoms with E-state index in [1.54, 1.807) is 4.57 Å². The minimum absolute atomic E-state index is 0. The summed E-state index contributed by atoms with van der Waals surface area (Å²) in [7, 11) is 0. The first kappa shape index (κ1) is 18.3. The monoisotopic (exact) mass is 402 g/mol. The summed E-state index contributed by atoms with van der Waals surface area (Å²) in [6, 6.07) is 17.0. The SMILES string of the molecule is Cl.FC(F)(F)c1ccc2c(c1)-n1c(-c3ccccc3)nnc1-c1cccn1C2. The molecule has 0 saturated carbocycles. The molecule has 2 aromatic heterocycles. The average molecular weight is 403 g/mol. The number of hydrogen-bond acceptors (Lipinski definition) is 2. The van der Waals surface area contributed by atoms with Gasteiger partial charge in [-0.3, -0.25) is 4.57 Å². The van der Waals surface area contributed by atoms with Gasteiger partial charge in [-0.1, -0.05) is 36.4 Å². The van der Waals surface area contributed by atoms with Crippen molar-refractivity contribution >= 4 is 12.4 Å². The standard InChI is InChI=1S/C20H13F3N4.ClH/c21-20(22,23)15-9-8-14-12-26-10-4-7-16(26)19-25-24-18(27(19)17(14)11-15)13-5-2-1-3-6-13;/h1-11H,12H2;1H. The van der Waals surface area contributed by atoms with Gasteiger partial charge >= 0.3 is 6.18 Å². The molecule has 0 aliphatic carbocycles. The average Bonchev–Trinajstić information content (AvgIpc) is 3.26. The molecular formula is C20H14ClF3N4. The highest BCUT2D eigenvalue weighted by atomic mass is 35.5. The second-order valence-corrected chi connectivity index (χ2v) is 6.41. The molecule has 1 aliphatic heterocycles. The highest BCUT2D eigenvalue weighted by Crippen LogP contribution is 2.37. The summed E-state index contributed by atoms with van der Waals surface area (Å²) >= 11 is 0. The third-order valence-corrected chi connectivity index (χ3v) is 4.75. The van der Waals surface area contributed by atoms with Crippen LogP contribution in [-0.2, 0) is 12.7 Å². The van der Waals surface area contributed by atoms with E-state index in [1.165, 1.54) is 12.1 Å². The van der Waals surface area contributed by atoms with Gasteiger partial charge in [-0.2, -0.15) is 13.2 Å². The molecule has 5 rings (SSSR count). The van der Waals surface area contributed by atoms with Crippen LogP contribution in [0, 0.1) is 0 Å². The predicted molar refractivity (Wildman–Crippen MR) is 102 cm³/mol. The highest BCUT2D eigenvalue weighted by Gasteiger charge is 2.33. The van der Waals surface area contributed by atoms with E-state index in [9.17, 15) is 13.2 Å². The van der Waals surface area contributed by atoms with Crippen LogP contribution in [0.4, 0.5) is 13.2 Å². The Balaban J connectivity index is 0.00000192. The molecule has 1 aliphatic rings. The zero-order valence-electron chi connectivity index (χ0n) is 14.4. The van der Waals surface area contributed by atoms with Gasteiger partial charge < -0.3 is 4.57 Å². The van der Waals surface area contributed by atoms with Crippen molar-refractivity contribution in [2.75, 3.05) is 0 Å². The Labute approximate surface area is 164 Å². The normalized spacial score (nSPS) is 12.4. The number of benzene rings is 2. The molecule has 0 unspecified atom stereocenters. The number of hydrogen-bond donors (Lipinski definition) is 0. The fraction of sp³-hybridized carbons (Fsp3) is 0.100. The van der Waals surface area contributed by atoms with Crippen LogP contribution >= 0.6 is 12.4 Å². The Bertz CT molecular complexity index is 1150. The minimum Gasteiger partial charge on any atom is -0.340 e. The zero-order chi connectivity index (χ0) is 18.6. The first-order chi connectivity index (χ1) is 13.0. The smallest absolute Gasteiger partial charge is 0.340 e. The molecule has 3 heterocycles. The van der Waals surface area contributed by atoms with Gasteiger partial charge in [0.1, 0.15) is 0 Å². The number of alkyl halides is 3. The van der Waals surface area contributed by atoms with Crippen LogP contribution in [0.3, 0.4) is 0 Å². The molecule has 0 bridgehead atoms. The number of rotatable bonds is 1. The van der Waals surface area contributed by atoms with E-state index >= 15 is 0 Å². The van der Waals surface area contributed by atoms with Gasteiger partial charge in [0.25, 0.3) is 0 Å². The number of fused-ring (bicyclic) bond motifs is 5. The Morgan fingerprint density at radius 2 is 1.61 bits per heavy atom. The van der Waals surface area contributed by atoms with Gasteiger partial charge in [-0.15, -0.1) is 22.6 Å². The Hall–Kier alpha value is -3.06. The number of aromatic nitrogens is 4. The maximum atomic E-state index is 13.3. The van der Waals surface area contributed by atoms with E-state index in [0.29, 0.717) is 23.9 Å². The third kappa shape index (κ3) is 2.79. The third-order valence-electron chi connectivity index (χ3n) is 4.75. The Morgan fingerprint density at radius 3 is 2.36 bits per heavy atom. The van der Waals surface area contributed by atoms with E-state index in [0.717, 1.165) is 22.9 Å². The van der Waals surface area contributed by atoms with Crippen molar-refractivity contribution in [3.8, 4) is 28.6 Å².